The van der Waals surface area contributed by atoms with E-state index in [4.69, 9.17) is 0 Å². The average molecular weight is 502 g/mol. The number of carbonyl (C=O) groups excluding carboxylic acids is 1. The summed E-state index contributed by atoms with van der Waals surface area (Å²) in [4.78, 5) is 39.1. The van der Waals surface area contributed by atoms with Gasteiger partial charge in [0, 0.05) is 29.3 Å². The summed E-state index contributed by atoms with van der Waals surface area (Å²) >= 11 is 0. The van der Waals surface area contributed by atoms with Gasteiger partial charge in [0.25, 0.3) is 11.6 Å². The molecule has 2 N–H and O–H groups in total. The summed E-state index contributed by atoms with van der Waals surface area (Å²) in [6, 6.07) is 8.66. The number of aryl methyl sites for hydroxylation is 1. The average Bonchev–Trinajstić information content (AvgIpc) is 2.78. The molecule has 11 heteroatoms. The first-order chi connectivity index (χ1) is 16.5. The van der Waals surface area contributed by atoms with E-state index in [1.165, 1.54) is 11.0 Å². The molecule has 2 aromatic carbocycles. The number of hydrogen-bond acceptors (Lipinski definition) is 6. The van der Waals surface area contributed by atoms with Crippen LogP contribution >= 0.6 is 0 Å². The largest absolute Gasteiger partial charge is 0.481 e. The maximum absolute atomic E-state index is 13.9. The van der Waals surface area contributed by atoms with Gasteiger partial charge in [-0.2, -0.15) is 0 Å². The molecular weight excluding hydrogens is 474 g/mol. The van der Waals surface area contributed by atoms with Crippen molar-refractivity contribution in [2.45, 2.75) is 56.7 Å². The standard InChI is InChI=1S/C24H27N3O7S/c1-14-11-12-15(13-20(14)27(31)32)22-21(24(29)30)16-7-3-4-8-17(16)23(28)26(22)19-10-6-5-9-18(19)25-35(2,33)34/h3-4,7-8,11-13,18-19,21-22,25H,5-6,9-10H2,1-2H3,(H,29,30). The summed E-state index contributed by atoms with van der Waals surface area (Å²) in [7, 11) is -3.60. The van der Waals surface area contributed by atoms with Crippen molar-refractivity contribution in [3.8, 4) is 0 Å². The van der Waals surface area contributed by atoms with Gasteiger partial charge < -0.3 is 10.0 Å². The minimum Gasteiger partial charge on any atom is -0.481 e. The third-order valence-corrected chi connectivity index (χ3v) is 7.60. The van der Waals surface area contributed by atoms with Crippen molar-refractivity contribution in [2.24, 2.45) is 0 Å². The van der Waals surface area contributed by atoms with Gasteiger partial charge in [-0.15, -0.1) is 0 Å². The lowest BCUT2D eigenvalue weighted by molar-refractivity contribution is -0.385. The van der Waals surface area contributed by atoms with Crippen molar-refractivity contribution in [3.05, 3.63) is 74.8 Å². The fourth-order valence-corrected chi connectivity index (χ4v) is 6.23. The Morgan fingerprint density at radius 1 is 1.17 bits per heavy atom. The van der Waals surface area contributed by atoms with Gasteiger partial charge in [-0.05, 0) is 37.0 Å². The van der Waals surface area contributed by atoms with E-state index in [-0.39, 0.29) is 11.3 Å². The SMILES string of the molecule is Cc1ccc(C2C(C(=O)O)c3ccccc3C(=O)N2C2CCCCC2NS(C)(=O)=O)cc1[N+](=O)[O-]. The fourth-order valence-electron chi connectivity index (χ4n) is 5.40. The monoisotopic (exact) mass is 501 g/mol. The van der Waals surface area contributed by atoms with Gasteiger partial charge >= 0.3 is 5.97 Å². The van der Waals surface area contributed by atoms with Crippen LogP contribution in [0.3, 0.4) is 0 Å². The molecule has 1 aliphatic carbocycles. The van der Waals surface area contributed by atoms with E-state index in [1.54, 1.807) is 43.3 Å². The zero-order valence-corrected chi connectivity index (χ0v) is 20.2. The second-order valence-corrected chi connectivity index (χ2v) is 11.0. The van der Waals surface area contributed by atoms with Crippen LogP contribution < -0.4 is 4.72 Å². The van der Waals surface area contributed by atoms with Crippen LogP contribution in [0, 0.1) is 17.0 Å². The molecule has 186 valence electrons. The van der Waals surface area contributed by atoms with Gasteiger partial charge in [0.1, 0.15) is 5.92 Å². The smallest absolute Gasteiger partial charge is 0.313 e. The number of hydrogen-bond donors (Lipinski definition) is 2. The molecule has 10 nitrogen and oxygen atoms in total. The number of fused-ring (bicyclic) bond motifs is 1. The van der Waals surface area contributed by atoms with Crippen molar-refractivity contribution >= 4 is 27.6 Å². The van der Waals surface area contributed by atoms with Gasteiger partial charge in [-0.25, -0.2) is 13.1 Å². The van der Waals surface area contributed by atoms with Crippen LogP contribution in [-0.2, 0) is 14.8 Å². The zero-order chi connectivity index (χ0) is 25.5. The highest BCUT2D eigenvalue weighted by Gasteiger charge is 2.49. The lowest BCUT2D eigenvalue weighted by atomic mass is 9.77. The number of nitro benzene ring substituents is 1. The minimum absolute atomic E-state index is 0.174. The predicted molar refractivity (Wildman–Crippen MR) is 128 cm³/mol. The van der Waals surface area contributed by atoms with Crippen LogP contribution in [0.15, 0.2) is 42.5 Å². The highest BCUT2D eigenvalue weighted by Crippen LogP contribution is 2.46. The normalized spacial score (nSPS) is 24.6. The zero-order valence-electron chi connectivity index (χ0n) is 19.4. The van der Waals surface area contributed by atoms with E-state index in [0.29, 0.717) is 29.5 Å². The number of nitrogens with zero attached hydrogens (tertiary/aromatic N) is 2. The van der Waals surface area contributed by atoms with E-state index in [2.05, 4.69) is 4.72 Å². The fraction of sp³-hybridized carbons (Fsp3) is 0.417. The van der Waals surface area contributed by atoms with Gasteiger partial charge in [0.2, 0.25) is 10.0 Å². The second kappa shape index (κ2) is 9.38. The molecule has 0 saturated heterocycles. The Bertz CT molecular complexity index is 1290. The number of carbonyl (C=O) groups is 2. The molecule has 1 saturated carbocycles. The number of nitro groups is 1. The maximum Gasteiger partial charge on any atom is 0.313 e. The Morgan fingerprint density at radius 3 is 2.51 bits per heavy atom. The molecule has 1 heterocycles. The van der Waals surface area contributed by atoms with E-state index >= 15 is 0 Å². The number of benzene rings is 2. The molecule has 35 heavy (non-hydrogen) atoms. The van der Waals surface area contributed by atoms with Crippen molar-refractivity contribution < 1.29 is 28.0 Å². The Morgan fingerprint density at radius 2 is 1.86 bits per heavy atom. The molecule has 2 aromatic rings. The Hall–Kier alpha value is -3.31. The second-order valence-electron chi connectivity index (χ2n) is 9.21. The number of rotatable bonds is 6. The van der Waals surface area contributed by atoms with E-state index in [0.717, 1.165) is 19.1 Å². The summed E-state index contributed by atoms with van der Waals surface area (Å²) < 4.78 is 26.8. The number of carboxylic acid groups (broad SMARTS) is 1. The van der Waals surface area contributed by atoms with Crippen molar-refractivity contribution in [1.82, 2.24) is 9.62 Å². The van der Waals surface area contributed by atoms with Gasteiger partial charge in [0.15, 0.2) is 0 Å². The van der Waals surface area contributed by atoms with Crippen LogP contribution in [-0.4, -0.2) is 53.6 Å². The third kappa shape index (κ3) is 4.78. The molecule has 4 unspecified atom stereocenters. The van der Waals surface area contributed by atoms with Crippen LogP contribution in [0.25, 0.3) is 0 Å². The molecule has 1 amide bonds. The lowest BCUT2D eigenvalue weighted by Gasteiger charge is -2.48. The Balaban J connectivity index is 1.94. The number of aliphatic carboxylic acids is 1. The quantitative estimate of drug-likeness (QED) is 0.456. The van der Waals surface area contributed by atoms with Gasteiger partial charge in [-0.3, -0.25) is 19.7 Å². The summed E-state index contributed by atoms with van der Waals surface area (Å²) in [5.41, 5.74) is 1.13. The molecule has 4 rings (SSSR count). The van der Waals surface area contributed by atoms with Crippen molar-refractivity contribution in [1.29, 1.82) is 0 Å². The molecule has 2 aliphatic rings. The lowest BCUT2D eigenvalue weighted by Crippen LogP contribution is -2.58. The molecule has 0 aromatic heterocycles. The van der Waals surface area contributed by atoms with E-state index in [9.17, 15) is 33.2 Å². The molecule has 0 spiro atoms. The molecule has 0 bridgehead atoms. The third-order valence-electron chi connectivity index (χ3n) is 6.87. The summed E-state index contributed by atoms with van der Waals surface area (Å²) in [6.07, 6.45) is 3.49. The molecule has 4 atom stereocenters. The highest BCUT2D eigenvalue weighted by molar-refractivity contribution is 7.88. The van der Waals surface area contributed by atoms with Crippen LogP contribution in [0.4, 0.5) is 5.69 Å². The molecule has 0 radical (unpaired) electrons. The predicted octanol–water partition coefficient (Wildman–Crippen LogP) is 3.13. The van der Waals surface area contributed by atoms with Crippen LogP contribution in [0.1, 0.15) is 64.7 Å². The Kier molecular flexibility index (Phi) is 6.65. The highest BCUT2D eigenvalue weighted by atomic mass is 32.2. The number of nitrogens with one attached hydrogen (secondary N) is 1. The molecule has 1 fully saturated rings. The topological polar surface area (TPSA) is 147 Å². The first kappa shape index (κ1) is 24.8. The number of amides is 1. The Labute approximate surface area is 203 Å². The van der Waals surface area contributed by atoms with Crippen LogP contribution in [0.2, 0.25) is 0 Å². The maximum atomic E-state index is 13.9. The van der Waals surface area contributed by atoms with E-state index < -0.39 is 50.9 Å². The molecular formula is C24H27N3O7S. The summed E-state index contributed by atoms with van der Waals surface area (Å²) in [6.45, 7) is 1.59. The summed E-state index contributed by atoms with van der Waals surface area (Å²) in [5, 5.41) is 22.0. The van der Waals surface area contributed by atoms with Gasteiger partial charge in [0.05, 0.1) is 17.2 Å². The molecule has 1 aliphatic heterocycles. The first-order valence-electron chi connectivity index (χ1n) is 11.4. The van der Waals surface area contributed by atoms with Gasteiger partial charge in [-0.1, -0.05) is 43.2 Å². The van der Waals surface area contributed by atoms with Crippen molar-refractivity contribution in [2.75, 3.05) is 6.26 Å². The number of sulfonamides is 1. The first-order valence-corrected chi connectivity index (χ1v) is 13.3. The number of carboxylic acids is 1. The summed E-state index contributed by atoms with van der Waals surface area (Å²) in [5.74, 6) is -2.78. The van der Waals surface area contributed by atoms with Crippen LogP contribution in [0.5, 0.6) is 0 Å². The van der Waals surface area contributed by atoms with E-state index in [1.807, 2.05) is 0 Å². The van der Waals surface area contributed by atoms with Crippen molar-refractivity contribution in [3.63, 3.8) is 0 Å². The minimum atomic E-state index is -3.60.